The lowest BCUT2D eigenvalue weighted by atomic mass is 10.1. The zero-order valence-electron chi connectivity index (χ0n) is 13.1. The Labute approximate surface area is 136 Å². The smallest absolute Gasteiger partial charge is 0.0709 e. The highest BCUT2D eigenvalue weighted by molar-refractivity contribution is 5.82. The molecule has 0 N–H and O–H groups in total. The van der Waals surface area contributed by atoms with Crippen molar-refractivity contribution in [3.63, 3.8) is 0 Å². The van der Waals surface area contributed by atoms with E-state index >= 15 is 0 Å². The van der Waals surface area contributed by atoms with E-state index in [0.29, 0.717) is 0 Å². The first-order chi connectivity index (χ1) is 11.3. The molecule has 3 aromatic rings. The van der Waals surface area contributed by atoms with Crippen LogP contribution in [0.2, 0.25) is 0 Å². The molecular formula is C21H18N2. The quantitative estimate of drug-likeness (QED) is 0.652. The van der Waals surface area contributed by atoms with Gasteiger partial charge in [-0.3, -0.25) is 0 Å². The Morgan fingerprint density at radius 1 is 0.913 bits per heavy atom. The average Bonchev–Trinajstić information content (AvgIpc) is 2.61. The maximum absolute atomic E-state index is 4.76. The summed E-state index contributed by atoms with van der Waals surface area (Å²) in [6.07, 6.45) is 6.50. The van der Waals surface area contributed by atoms with E-state index in [2.05, 4.69) is 78.6 Å². The van der Waals surface area contributed by atoms with Gasteiger partial charge in [-0.25, -0.2) is 4.98 Å². The highest BCUT2D eigenvalue weighted by atomic mass is 15.1. The fraction of sp³-hybridized carbons (Fsp3) is 0.0952. The molecule has 2 nitrogen and oxygen atoms in total. The standard InChI is InChI=1S/C21H18N2/c1-2-23-19(14-12-17-8-4-6-10-21(17)23)15-18-13-11-16-7-3-5-9-20(16)22-18/h3-15H,2H2,1H3/b19-15+. The summed E-state index contributed by atoms with van der Waals surface area (Å²) < 4.78 is 0. The van der Waals surface area contributed by atoms with Gasteiger partial charge in [-0.2, -0.15) is 0 Å². The molecule has 2 aromatic carbocycles. The Hall–Kier alpha value is -2.87. The molecule has 0 saturated heterocycles. The van der Waals surface area contributed by atoms with E-state index in [0.717, 1.165) is 17.8 Å². The van der Waals surface area contributed by atoms with Gasteiger partial charge < -0.3 is 4.90 Å². The van der Waals surface area contributed by atoms with E-state index in [1.54, 1.807) is 0 Å². The zero-order valence-corrected chi connectivity index (χ0v) is 13.1. The first-order valence-electron chi connectivity index (χ1n) is 7.97. The number of allylic oxidation sites excluding steroid dienone is 1. The summed E-state index contributed by atoms with van der Waals surface area (Å²) in [5, 5.41) is 1.17. The number of fused-ring (bicyclic) bond motifs is 2. The Kier molecular flexibility index (Phi) is 3.43. The van der Waals surface area contributed by atoms with Crippen LogP contribution in [0.4, 0.5) is 5.69 Å². The van der Waals surface area contributed by atoms with Crippen molar-refractivity contribution in [1.82, 2.24) is 4.98 Å². The second-order valence-corrected chi connectivity index (χ2v) is 5.63. The Morgan fingerprint density at radius 2 is 1.74 bits per heavy atom. The van der Waals surface area contributed by atoms with Crippen molar-refractivity contribution in [2.45, 2.75) is 6.92 Å². The minimum Gasteiger partial charge on any atom is -0.341 e. The fourth-order valence-electron chi connectivity index (χ4n) is 3.07. The summed E-state index contributed by atoms with van der Waals surface area (Å²) in [7, 11) is 0. The highest BCUT2D eigenvalue weighted by Gasteiger charge is 2.15. The van der Waals surface area contributed by atoms with Gasteiger partial charge in [0.2, 0.25) is 0 Å². The molecule has 0 bridgehead atoms. The third-order valence-corrected chi connectivity index (χ3v) is 4.20. The maximum Gasteiger partial charge on any atom is 0.0709 e. The number of para-hydroxylation sites is 2. The molecule has 0 fully saturated rings. The number of nitrogens with zero attached hydrogens (tertiary/aromatic N) is 2. The maximum atomic E-state index is 4.76. The van der Waals surface area contributed by atoms with Crippen molar-refractivity contribution in [3.8, 4) is 0 Å². The van der Waals surface area contributed by atoms with Gasteiger partial charge in [-0.05, 0) is 42.8 Å². The van der Waals surface area contributed by atoms with Crippen LogP contribution in [-0.2, 0) is 0 Å². The molecule has 0 atom stereocenters. The molecule has 1 aromatic heterocycles. The number of benzene rings is 2. The van der Waals surface area contributed by atoms with Gasteiger partial charge in [-0.1, -0.05) is 48.5 Å². The van der Waals surface area contributed by atoms with Crippen LogP contribution in [0.5, 0.6) is 0 Å². The molecule has 0 unspecified atom stereocenters. The molecule has 1 aliphatic rings. The lowest BCUT2D eigenvalue weighted by Crippen LogP contribution is -2.23. The molecule has 0 amide bonds. The van der Waals surface area contributed by atoms with Crippen LogP contribution in [0.15, 0.2) is 72.4 Å². The SMILES string of the molecule is CCN1/C(=C/c2ccc3ccccc3n2)C=Cc2ccccc21. The monoisotopic (exact) mass is 298 g/mol. The van der Waals surface area contributed by atoms with Gasteiger partial charge in [0.1, 0.15) is 0 Å². The number of rotatable bonds is 2. The van der Waals surface area contributed by atoms with Gasteiger partial charge in [0.25, 0.3) is 0 Å². The minimum absolute atomic E-state index is 0.931. The number of hydrogen-bond donors (Lipinski definition) is 0. The van der Waals surface area contributed by atoms with E-state index in [1.165, 1.54) is 22.3 Å². The third kappa shape index (κ3) is 2.53. The minimum atomic E-state index is 0.931. The van der Waals surface area contributed by atoms with Crippen LogP contribution in [-0.4, -0.2) is 11.5 Å². The summed E-state index contributed by atoms with van der Waals surface area (Å²) in [6, 6.07) is 20.9. The van der Waals surface area contributed by atoms with Gasteiger partial charge in [0.15, 0.2) is 0 Å². The van der Waals surface area contributed by atoms with E-state index < -0.39 is 0 Å². The number of aromatic nitrogens is 1. The first kappa shape index (κ1) is 13.8. The second kappa shape index (κ2) is 5.73. The molecule has 0 radical (unpaired) electrons. The van der Waals surface area contributed by atoms with Crippen molar-refractivity contribution in [1.29, 1.82) is 0 Å². The Bertz CT molecular complexity index is 922. The van der Waals surface area contributed by atoms with E-state index in [1.807, 2.05) is 12.1 Å². The Balaban J connectivity index is 1.78. The molecule has 23 heavy (non-hydrogen) atoms. The normalized spacial score (nSPS) is 15.2. The third-order valence-electron chi connectivity index (χ3n) is 4.20. The van der Waals surface area contributed by atoms with Crippen LogP contribution in [0.3, 0.4) is 0 Å². The van der Waals surface area contributed by atoms with E-state index in [-0.39, 0.29) is 0 Å². The molecule has 2 heteroatoms. The molecule has 1 aliphatic heterocycles. The molecular weight excluding hydrogens is 280 g/mol. The van der Waals surface area contributed by atoms with E-state index in [4.69, 9.17) is 4.98 Å². The topological polar surface area (TPSA) is 16.1 Å². The van der Waals surface area contributed by atoms with Gasteiger partial charge in [0, 0.05) is 23.3 Å². The van der Waals surface area contributed by atoms with Crippen LogP contribution in [0, 0.1) is 0 Å². The van der Waals surface area contributed by atoms with Crippen LogP contribution in [0.25, 0.3) is 23.1 Å². The summed E-state index contributed by atoms with van der Waals surface area (Å²) in [5.74, 6) is 0. The van der Waals surface area contributed by atoms with Gasteiger partial charge in [0.05, 0.1) is 11.2 Å². The predicted octanol–water partition coefficient (Wildman–Crippen LogP) is 5.13. The van der Waals surface area contributed by atoms with Gasteiger partial charge in [-0.15, -0.1) is 0 Å². The van der Waals surface area contributed by atoms with Crippen molar-refractivity contribution in [2.75, 3.05) is 11.4 Å². The summed E-state index contributed by atoms with van der Waals surface area (Å²) in [6.45, 7) is 3.11. The molecule has 112 valence electrons. The average molecular weight is 298 g/mol. The van der Waals surface area contributed by atoms with Crippen molar-refractivity contribution in [3.05, 3.63) is 83.7 Å². The number of anilines is 1. The second-order valence-electron chi connectivity index (χ2n) is 5.63. The number of pyridine rings is 1. The molecule has 0 aliphatic carbocycles. The predicted molar refractivity (Wildman–Crippen MR) is 98.2 cm³/mol. The zero-order chi connectivity index (χ0) is 15.6. The largest absolute Gasteiger partial charge is 0.341 e. The highest BCUT2D eigenvalue weighted by Crippen LogP contribution is 2.31. The van der Waals surface area contributed by atoms with Crippen LogP contribution in [0.1, 0.15) is 18.2 Å². The molecule has 0 spiro atoms. The van der Waals surface area contributed by atoms with Crippen molar-refractivity contribution >= 4 is 28.7 Å². The molecule has 0 saturated carbocycles. The van der Waals surface area contributed by atoms with Crippen LogP contribution >= 0.6 is 0 Å². The van der Waals surface area contributed by atoms with E-state index in [9.17, 15) is 0 Å². The van der Waals surface area contributed by atoms with Gasteiger partial charge >= 0.3 is 0 Å². The molecule has 2 heterocycles. The lowest BCUT2D eigenvalue weighted by molar-refractivity contribution is 0.976. The number of likely N-dealkylation sites (N-methyl/N-ethyl adjacent to an activating group) is 1. The summed E-state index contributed by atoms with van der Waals surface area (Å²) in [4.78, 5) is 7.08. The van der Waals surface area contributed by atoms with Crippen molar-refractivity contribution in [2.24, 2.45) is 0 Å². The Morgan fingerprint density at radius 3 is 2.65 bits per heavy atom. The summed E-state index contributed by atoms with van der Waals surface area (Å²) in [5.41, 5.74) is 5.71. The lowest BCUT2D eigenvalue weighted by Gasteiger charge is -2.29. The first-order valence-corrected chi connectivity index (χ1v) is 7.97. The van der Waals surface area contributed by atoms with Crippen LogP contribution < -0.4 is 4.90 Å². The number of hydrogen-bond acceptors (Lipinski definition) is 2. The molecule has 4 rings (SSSR count). The fourth-order valence-corrected chi connectivity index (χ4v) is 3.07. The van der Waals surface area contributed by atoms with Crippen molar-refractivity contribution < 1.29 is 0 Å². The summed E-state index contributed by atoms with van der Waals surface area (Å²) >= 11 is 0.